The number of aliphatic hydroxyl groups is 1. The lowest BCUT2D eigenvalue weighted by Crippen LogP contribution is -2.08. The zero-order valence-corrected chi connectivity index (χ0v) is 8.62. The molecule has 1 atom stereocenters. The van der Waals surface area contributed by atoms with E-state index in [1.54, 1.807) is 12.1 Å². The van der Waals surface area contributed by atoms with Crippen molar-refractivity contribution < 1.29 is 17.7 Å². The molecule has 0 saturated heterocycles. The number of hydrogen-bond acceptors (Lipinski definition) is 4. The largest absolute Gasteiger partial charge is 0.394 e. The Hall–Kier alpha value is -0.910. The van der Waals surface area contributed by atoms with Crippen LogP contribution in [0.5, 0.6) is 5.75 Å². The molecule has 0 amide bonds. The summed E-state index contributed by atoms with van der Waals surface area (Å²) < 4.78 is 20.5. The SMILES string of the molecule is Cc1ccc(OS(=O)OCCO)cc1. The van der Waals surface area contributed by atoms with Gasteiger partial charge in [-0.1, -0.05) is 17.7 Å². The van der Waals surface area contributed by atoms with E-state index in [2.05, 4.69) is 4.18 Å². The lowest BCUT2D eigenvalue weighted by atomic mass is 10.2. The average molecular weight is 216 g/mol. The highest BCUT2D eigenvalue weighted by Gasteiger charge is 2.02. The van der Waals surface area contributed by atoms with E-state index in [1.165, 1.54) is 0 Å². The summed E-state index contributed by atoms with van der Waals surface area (Å²) in [6.07, 6.45) is 0. The Morgan fingerprint density at radius 1 is 1.36 bits per heavy atom. The summed E-state index contributed by atoms with van der Waals surface area (Å²) in [4.78, 5) is 0. The van der Waals surface area contributed by atoms with Crippen LogP contribution in [0.1, 0.15) is 5.56 Å². The minimum atomic E-state index is -1.84. The van der Waals surface area contributed by atoms with Gasteiger partial charge in [0.05, 0.1) is 13.2 Å². The molecule has 1 N–H and O–H groups in total. The summed E-state index contributed by atoms with van der Waals surface area (Å²) in [5.41, 5.74) is 1.10. The third kappa shape index (κ3) is 3.87. The Kier molecular flexibility index (Phi) is 4.58. The fourth-order valence-corrected chi connectivity index (χ4v) is 1.33. The van der Waals surface area contributed by atoms with Gasteiger partial charge in [-0.25, -0.2) is 0 Å². The quantitative estimate of drug-likeness (QED) is 0.796. The van der Waals surface area contributed by atoms with Crippen LogP contribution in [0, 0.1) is 6.92 Å². The molecule has 0 aliphatic carbocycles. The van der Waals surface area contributed by atoms with Crippen molar-refractivity contribution in [2.75, 3.05) is 13.2 Å². The molecule has 4 nitrogen and oxygen atoms in total. The highest BCUT2D eigenvalue weighted by atomic mass is 32.2. The third-order valence-electron chi connectivity index (χ3n) is 1.46. The number of aryl methyl sites for hydroxylation is 1. The summed E-state index contributed by atoms with van der Waals surface area (Å²) in [7, 11) is 0. The molecule has 0 heterocycles. The van der Waals surface area contributed by atoms with Crippen molar-refractivity contribution in [3.8, 4) is 5.75 Å². The second kappa shape index (κ2) is 5.74. The van der Waals surface area contributed by atoms with Crippen molar-refractivity contribution in [1.82, 2.24) is 0 Å². The zero-order valence-electron chi connectivity index (χ0n) is 7.80. The fraction of sp³-hybridized carbons (Fsp3) is 0.333. The monoisotopic (exact) mass is 216 g/mol. The minimum absolute atomic E-state index is 0.00152. The maximum atomic E-state index is 11.0. The normalized spacial score (nSPS) is 12.4. The molecule has 0 spiro atoms. The van der Waals surface area contributed by atoms with E-state index in [4.69, 9.17) is 9.29 Å². The fourth-order valence-electron chi connectivity index (χ4n) is 0.802. The molecule has 0 aromatic heterocycles. The van der Waals surface area contributed by atoms with E-state index in [1.807, 2.05) is 19.1 Å². The maximum Gasteiger partial charge on any atom is 0.360 e. The first-order chi connectivity index (χ1) is 6.72. The Labute approximate surface area is 85.3 Å². The van der Waals surface area contributed by atoms with Crippen molar-refractivity contribution >= 4 is 11.4 Å². The molecule has 0 bridgehead atoms. The Morgan fingerprint density at radius 2 is 2.00 bits per heavy atom. The van der Waals surface area contributed by atoms with Crippen LogP contribution in [0.15, 0.2) is 24.3 Å². The van der Waals surface area contributed by atoms with Gasteiger partial charge in [-0.3, -0.25) is 4.18 Å². The summed E-state index contributed by atoms with van der Waals surface area (Å²) in [5.74, 6) is 0.479. The Balaban J connectivity index is 2.44. The smallest absolute Gasteiger partial charge is 0.360 e. The molecule has 0 radical (unpaired) electrons. The number of rotatable bonds is 5. The summed E-state index contributed by atoms with van der Waals surface area (Å²) in [6.45, 7) is 1.77. The molecule has 0 saturated carbocycles. The zero-order chi connectivity index (χ0) is 10.4. The van der Waals surface area contributed by atoms with Crippen molar-refractivity contribution in [3.05, 3.63) is 29.8 Å². The van der Waals surface area contributed by atoms with Crippen LogP contribution in [0.25, 0.3) is 0 Å². The first-order valence-corrected chi connectivity index (χ1v) is 5.13. The van der Waals surface area contributed by atoms with E-state index in [0.717, 1.165) is 5.56 Å². The van der Waals surface area contributed by atoms with Crippen molar-refractivity contribution in [3.63, 3.8) is 0 Å². The topological polar surface area (TPSA) is 55.8 Å². The predicted octanol–water partition coefficient (Wildman–Crippen LogP) is 0.961. The van der Waals surface area contributed by atoms with E-state index in [9.17, 15) is 4.21 Å². The van der Waals surface area contributed by atoms with Gasteiger partial charge in [0.1, 0.15) is 5.75 Å². The first-order valence-electron chi connectivity index (χ1n) is 4.13. The van der Waals surface area contributed by atoms with Gasteiger partial charge in [0, 0.05) is 0 Å². The van der Waals surface area contributed by atoms with Gasteiger partial charge in [-0.2, -0.15) is 4.21 Å². The molecular formula is C9H12O4S. The van der Waals surface area contributed by atoms with Crippen LogP contribution in [0.4, 0.5) is 0 Å². The lowest BCUT2D eigenvalue weighted by Gasteiger charge is -2.03. The molecule has 5 heteroatoms. The van der Waals surface area contributed by atoms with Crippen molar-refractivity contribution in [1.29, 1.82) is 0 Å². The van der Waals surface area contributed by atoms with Crippen LogP contribution >= 0.6 is 0 Å². The highest BCUT2D eigenvalue weighted by molar-refractivity contribution is 7.75. The third-order valence-corrected chi connectivity index (χ3v) is 2.14. The molecule has 0 aliphatic heterocycles. The molecule has 14 heavy (non-hydrogen) atoms. The van der Waals surface area contributed by atoms with Crippen LogP contribution in [-0.4, -0.2) is 22.5 Å². The predicted molar refractivity (Wildman–Crippen MR) is 53.0 cm³/mol. The van der Waals surface area contributed by atoms with Gasteiger partial charge in [-0.05, 0) is 19.1 Å². The van der Waals surface area contributed by atoms with Gasteiger partial charge >= 0.3 is 11.4 Å². The Morgan fingerprint density at radius 3 is 2.57 bits per heavy atom. The molecule has 1 unspecified atom stereocenters. The van der Waals surface area contributed by atoms with E-state index < -0.39 is 11.4 Å². The second-order valence-corrected chi connectivity index (χ2v) is 3.46. The number of aliphatic hydroxyl groups excluding tert-OH is 1. The molecule has 1 rings (SSSR count). The summed E-state index contributed by atoms with van der Waals surface area (Å²) in [6, 6.07) is 7.10. The highest BCUT2D eigenvalue weighted by Crippen LogP contribution is 2.12. The van der Waals surface area contributed by atoms with Gasteiger partial charge < -0.3 is 9.29 Å². The van der Waals surface area contributed by atoms with Crippen molar-refractivity contribution in [2.24, 2.45) is 0 Å². The lowest BCUT2D eigenvalue weighted by molar-refractivity contribution is 0.203. The molecule has 0 fully saturated rings. The van der Waals surface area contributed by atoms with Crippen LogP contribution in [0.2, 0.25) is 0 Å². The molecule has 0 aliphatic rings. The van der Waals surface area contributed by atoms with Gasteiger partial charge in [0.2, 0.25) is 0 Å². The van der Waals surface area contributed by atoms with E-state index in [0.29, 0.717) is 5.75 Å². The number of benzene rings is 1. The molecule has 1 aromatic rings. The van der Waals surface area contributed by atoms with Crippen LogP contribution in [0.3, 0.4) is 0 Å². The van der Waals surface area contributed by atoms with E-state index >= 15 is 0 Å². The molecular weight excluding hydrogens is 204 g/mol. The van der Waals surface area contributed by atoms with E-state index in [-0.39, 0.29) is 13.2 Å². The first kappa shape index (κ1) is 11.2. The standard InChI is InChI=1S/C9H12O4S/c1-8-2-4-9(5-3-8)13-14(11)12-7-6-10/h2-5,10H,6-7H2,1H3. The molecule has 1 aromatic carbocycles. The van der Waals surface area contributed by atoms with Gasteiger partial charge in [0.25, 0.3) is 0 Å². The second-order valence-electron chi connectivity index (χ2n) is 2.65. The van der Waals surface area contributed by atoms with Gasteiger partial charge in [0.15, 0.2) is 0 Å². The van der Waals surface area contributed by atoms with Gasteiger partial charge in [-0.15, -0.1) is 0 Å². The number of hydrogen-bond donors (Lipinski definition) is 1. The Bertz CT molecular complexity index is 296. The van der Waals surface area contributed by atoms with Crippen LogP contribution < -0.4 is 4.18 Å². The minimum Gasteiger partial charge on any atom is -0.394 e. The van der Waals surface area contributed by atoms with Crippen molar-refractivity contribution in [2.45, 2.75) is 6.92 Å². The summed E-state index contributed by atoms with van der Waals surface area (Å²) >= 11 is -1.84. The summed E-state index contributed by atoms with van der Waals surface area (Å²) in [5, 5.41) is 8.40. The maximum absolute atomic E-state index is 11.0. The molecule has 78 valence electrons. The van der Waals surface area contributed by atoms with Crippen LogP contribution in [-0.2, 0) is 15.5 Å². The average Bonchev–Trinajstić information content (AvgIpc) is 2.18.